The highest BCUT2D eigenvalue weighted by atomic mass is 79.9. The Balaban J connectivity index is 1.54. The van der Waals surface area contributed by atoms with E-state index in [1.807, 2.05) is 43.3 Å². The summed E-state index contributed by atoms with van der Waals surface area (Å²) in [4.78, 5) is 28.1. The number of fused-ring (bicyclic) bond motifs is 1. The number of imidazole rings is 1. The molecule has 0 aliphatic carbocycles. The highest BCUT2D eigenvalue weighted by Gasteiger charge is 2.09. The van der Waals surface area contributed by atoms with Crippen molar-refractivity contribution in [1.29, 1.82) is 0 Å². The van der Waals surface area contributed by atoms with Gasteiger partial charge in [-0.25, -0.2) is 19.9 Å². The molecule has 3 N–H and O–H groups in total. The predicted molar refractivity (Wildman–Crippen MR) is 100 cm³/mol. The van der Waals surface area contributed by atoms with Crippen LogP contribution in [0, 0.1) is 6.92 Å². The zero-order valence-corrected chi connectivity index (χ0v) is 15.0. The van der Waals surface area contributed by atoms with Gasteiger partial charge >= 0.3 is 6.03 Å². The molecule has 0 fully saturated rings. The molecule has 0 atom stereocenters. The molecule has 0 saturated carbocycles. The quantitative estimate of drug-likeness (QED) is 0.627. The first-order valence-corrected chi connectivity index (χ1v) is 8.35. The summed E-state index contributed by atoms with van der Waals surface area (Å²) in [5.41, 5.74) is 5.79. The van der Waals surface area contributed by atoms with Crippen LogP contribution in [0.25, 0.3) is 11.0 Å². The van der Waals surface area contributed by atoms with Crippen LogP contribution in [0.1, 0.15) is 5.56 Å². The van der Waals surface area contributed by atoms with E-state index >= 15 is 0 Å². The molecule has 0 aliphatic heterocycles. The fourth-order valence-corrected chi connectivity index (χ4v) is 2.80. The molecule has 128 valence electrons. The van der Waals surface area contributed by atoms with Crippen molar-refractivity contribution < 1.29 is 9.59 Å². The first-order valence-electron chi connectivity index (χ1n) is 7.56. The highest BCUT2D eigenvalue weighted by Crippen LogP contribution is 2.19. The van der Waals surface area contributed by atoms with Crippen LogP contribution in [-0.2, 0) is 4.79 Å². The fourth-order valence-electron chi connectivity index (χ4n) is 2.32. The number of halogens is 1. The van der Waals surface area contributed by atoms with E-state index in [0.717, 1.165) is 21.1 Å². The zero-order valence-electron chi connectivity index (χ0n) is 13.4. The number of nitrogens with zero attached hydrogens (tertiary/aromatic N) is 2. The Kier molecular flexibility index (Phi) is 4.99. The van der Waals surface area contributed by atoms with Crippen LogP contribution in [0.4, 0.5) is 10.5 Å². The summed E-state index contributed by atoms with van der Waals surface area (Å²) in [6.07, 6.45) is 1.51. The minimum absolute atomic E-state index is 0.145. The molecule has 1 heterocycles. The van der Waals surface area contributed by atoms with Gasteiger partial charge in [-0.2, -0.15) is 0 Å². The summed E-state index contributed by atoms with van der Waals surface area (Å²) in [7, 11) is 0. The monoisotopic (exact) mass is 401 g/mol. The number of para-hydroxylation sites is 2. The molecule has 0 radical (unpaired) electrons. The van der Waals surface area contributed by atoms with E-state index in [-0.39, 0.29) is 12.5 Å². The molecule has 0 spiro atoms. The van der Waals surface area contributed by atoms with Gasteiger partial charge in [0.2, 0.25) is 5.91 Å². The van der Waals surface area contributed by atoms with E-state index in [2.05, 4.69) is 37.0 Å². The Labute approximate surface area is 152 Å². The van der Waals surface area contributed by atoms with E-state index in [0.29, 0.717) is 5.69 Å². The smallest absolute Gasteiger partial charge is 0.328 e. The zero-order chi connectivity index (χ0) is 17.8. The second-order valence-corrected chi connectivity index (χ2v) is 6.32. The molecule has 8 heteroatoms. The minimum atomic E-state index is -0.495. The normalized spacial score (nSPS) is 10.5. The molecule has 1 aromatic heterocycles. The summed E-state index contributed by atoms with van der Waals surface area (Å²) in [6.45, 7) is 1.75. The SMILES string of the molecule is Cc1cc(Br)ccc1NC(=O)CNC(=O)Nn1cnc2ccccc21. The average Bonchev–Trinajstić information content (AvgIpc) is 2.99. The minimum Gasteiger partial charge on any atom is -0.328 e. The third-order valence-electron chi connectivity index (χ3n) is 3.55. The molecule has 25 heavy (non-hydrogen) atoms. The molecular weight excluding hydrogens is 386 g/mol. The van der Waals surface area contributed by atoms with Gasteiger partial charge in [0.15, 0.2) is 0 Å². The molecule has 3 rings (SSSR count). The molecule has 0 unspecified atom stereocenters. The number of aromatic nitrogens is 2. The summed E-state index contributed by atoms with van der Waals surface area (Å²) in [5.74, 6) is -0.309. The Hall–Kier alpha value is -2.87. The third kappa shape index (κ3) is 4.16. The van der Waals surface area contributed by atoms with Crippen LogP contribution in [0.2, 0.25) is 0 Å². The number of benzene rings is 2. The lowest BCUT2D eigenvalue weighted by Gasteiger charge is -2.11. The molecule has 7 nitrogen and oxygen atoms in total. The molecule has 0 bridgehead atoms. The first kappa shape index (κ1) is 17.0. The fraction of sp³-hybridized carbons (Fsp3) is 0.118. The Morgan fingerprint density at radius 3 is 2.80 bits per heavy atom. The lowest BCUT2D eigenvalue weighted by molar-refractivity contribution is -0.115. The first-order chi connectivity index (χ1) is 12.0. The van der Waals surface area contributed by atoms with Crippen molar-refractivity contribution >= 4 is 44.6 Å². The van der Waals surface area contributed by atoms with Gasteiger partial charge in [-0.15, -0.1) is 0 Å². The summed E-state index contributed by atoms with van der Waals surface area (Å²) >= 11 is 3.37. The Morgan fingerprint density at radius 2 is 2.00 bits per heavy atom. The van der Waals surface area contributed by atoms with Crippen LogP contribution >= 0.6 is 15.9 Å². The number of hydrogen-bond acceptors (Lipinski definition) is 3. The molecule has 0 aliphatic rings. The van der Waals surface area contributed by atoms with Crippen LogP contribution in [0.5, 0.6) is 0 Å². The van der Waals surface area contributed by atoms with E-state index < -0.39 is 6.03 Å². The van der Waals surface area contributed by atoms with Crippen LogP contribution in [0.15, 0.2) is 53.3 Å². The summed E-state index contributed by atoms with van der Waals surface area (Å²) in [5, 5.41) is 5.28. The van der Waals surface area contributed by atoms with Gasteiger partial charge in [-0.3, -0.25) is 4.79 Å². The number of urea groups is 1. The Bertz CT molecular complexity index is 938. The maximum Gasteiger partial charge on any atom is 0.334 e. The van der Waals surface area contributed by atoms with Gasteiger partial charge in [-0.05, 0) is 42.8 Å². The molecule has 2 aromatic carbocycles. The molecular formula is C17H16BrN5O2. The number of aryl methyl sites for hydroxylation is 1. The second kappa shape index (κ2) is 7.35. The largest absolute Gasteiger partial charge is 0.334 e. The number of amides is 3. The molecule has 3 aromatic rings. The van der Waals surface area contributed by atoms with Gasteiger partial charge in [0.05, 0.1) is 17.6 Å². The average molecular weight is 402 g/mol. The highest BCUT2D eigenvalue weighted by molar-refractivity contribution is 9.10. The van der Waals surface area contributed by atoms with Crippen molar-refractivity contribution in [3.63, 3.8) is 0 Å². The van der Waals surface area contributed by atoms with E-state index in [1.54, 1.807) is 6.07 Å². The van der Waals surface area contributed by atoms with Crippen LogP contribution < -0.4 is 16.1 Å². The van der Waals surface area contributed by atoms with Gasteiger partial charge in [0.1, 0.15) is 6.33 Å². The second-order valence-electron chi connectivity index (χ2n) is 5.41. The Morgan fingerprint density at radius 1 is 1.20 bits per heavy atom. The van der Waals surface area contributed by atoms with E-state index in [9.17, 15) is 9.59 Å². The lowest BCUT2D eigenvalue weighted by atomic mass is 10.2. The topological polar surface area (TPSA) is 88.0 Å². The number of carbonyl (C=O) groups excluding carboxylic acids is 2. The van der Waals surface area contributed by atoms with Gasteiger partial charge in [-0.1, -0.05) is 28.1 Å². The van der Waals surface area contributed by atoms with Crippen molar-refractivity contribution in [3.8, 4) is 0 Å². The van der Waals surface area contributed by atoms with Crippen LogP contribution in [-0.4, -0.2) is 28.1 Å². The van der Waals surface area contributed by atoms with Gasteiger partial charge < -0.3 is 10.6 Å². The number of nitrogens with one attached hydrogen (secondary N) is 3. The summed E-state index contributed by atoms with van der Waals surface area (Å²) < 4.78 is 2.44. The predicted octanol–water partition coefficient (Wildman–Crippen LogP) is 3.00. The maximum atomic E-state index is 12.0. The lowest BCUT2D eigenvalue weighted by Crippen LogP contribution is -2.38. The van der Waals surface area contributed by atoms with Crippen LogP contribution in [0.3, 0.4) is 0 Å². The maximum absolute atomic E-state index is 12.0. The molecule has 3 amide bonds. The van der Waals surface area contributed by atoms with Gasteiger partial charge in [0.25, 0.3) is 0 Å². The third-order valence-corrected chi connectivity index (χ3v) is 4.04. The van der Waals surface area contributed by atoms with Crippen molar-refractivity contribution in [2.45, 2.75) is 6.92 Å². The van der Waals surface area contributed by atoms with Crippen molar-refractivity contribution in [2.24, 2.45) is 0 Å². The summed E-state index contributed by atoms with van der Waals surface area (Å²) in [6, 6.07) is 12.5. The molecule has 0 saturated heterocycles. The van der Waals surface area contributed by atoms with E-state index in [4.69, 9.17) is 0 Å². The standard InChI is InChI=1S/C17H16BrN5O2/c1-11-8-12(18)6-7-13(11)21-16(24)9-19-17(25)22-23-10-20-14-4-2-3-5-15(14)23/h2-8,10H,9H2,1H3,(H,21,24)(H2,19,22,25). The van der Waals surface area contributed by atoms with Crippen molar-refractivity contribution in [2.75, 3.05) is 17.3 Å². The van der Waals surface area contributed by atoms with Crippen molar-refractivity contribution in [3.05, 3.63) is 58.8 Å². The number of hydrogen-bond donors (Lipinski definition) is 3. The number of carbonyl (C=O) groups is 2. The van der Waals surface area contributed by atoms with Gasteiger partial charge in [0, 0.05) is 10.2 Å². The van der Waals surface area contributed by atoms with E-state index in [1.165, 1.54) is 11.0 Å². The number of anilines is 1. The van der Waals surface area contributed by atoms with Crippen molar-refractivity contribution in [1.82, 2.24) is 15.0 Å². The number of rotatable bonds is 4.